The number of hydrogen-bond acceptors (Lipinski definition) is 5. The highest BCUT2D eigenvalue weighted by Gasteiger charge is 2.23. The highest BCUT2D eigenvalue weighted by Crippen LogP contribution is 2.11. The summed E-state index contributed by atoms with van der Waals surface area (Å²) in [7, 11) is 1.42. The molecule has 0 atom stereocenters. The molecular weight excluding hydrogens is 485 g/mol. The van der Waals surface area contributed by atoms with Crippen molar-refractivity contribution in [1.82, 2.24) is 30.1 Å². The molecule has 160 valence electrons. The first-order valence-electron chi connectivity index (χ1n) is 9.87. The van der Waals surface area contributed by atoms with Crippen LogP contribution in [-0.4, -0.2) is 70.9 Å². The summed E-state index contributed by atoms with van der Waals surface area (Å²) in [5.41, 5.74) is 0.870. The second-order valence-corrected chi connectivity index (χ2v) is 6.78. The van der Waals surface area contributed by atoms with E-state index in [1.54, 1.807) is 4.90 Å². The van der Waals surface area contributed by atoms with E-state index < -0.39 is 0 Å². The van der Waals surface area contributed by atoms with Gasteiger partial charge in [0.15, 0.2) is 11.6 Å². The van der Waals surface area contributed by atoms with Gasteiger partial charge in [-0.1, -0.05) is 6.07 Å². The molecule has 9 nitrogen and oxygen atoms in total. The molecule has 0 aliphatic carbocycles. The van der Waals surface area contributed by atoms with Crippen LogP contribution >= 0.6 is 24.0 Å². The Morgan fingerprint density at radius 3 is 2.83 bits per heavy atom. The van der Waals surface area contributed by atoms with E-state index in [1.807, 2.05) is 28.8 Å². The second-order valence-electron chi connectivity index (χ2n) is 6.78. The SMILES string of the molecule is CCNC(=NCCCc1nnc2ccccn12)NC1CCN(C(=O)OC)CC1.I. The predicted octanol–water partition coefficient (Wildman–Crippen LogP) is 2.07. The number of piperidine rings is 1. The number of ether oxygens (including phenoxy) is 1. The van der Waals surface area contributed by atoms with E-state index >= 15 is 0 Å². The van der Waals surface area contributed by atoms with Crippen molar-refractivity contribution in [1.29, 1.82) is 0 Å². The number of nitrogens with one attached hydrogen (secondary N) is 2. The van der Waals surface area contributed by atoms with Crippen molar-refractivity contribution < 1.29 is 9.53 Å². The van der Waals surface area contributed by atoms with Crippen LogP contribution < -0.4 is 10.6 Å². The normalized spacial score (nSPS) is 15.1. The number of amides is 1. The Labute approximate surface area is 188 Å². The van der Waals surface area contributed by atoms with Crippen LogP contribution in [0.1, 0.15) is 32.0 Å². The van der Waals surface area contributed by atoms with Crippen LogP contribution in [0.3, 0.4) is 0 Å². The zero-order valence-electron chi connectivity index (χ0n) is 17.0. The lowest BCUT2D eigenvalue weighted by molar-refractivity contribution is 0.111. The van der Waals surface area contributed by atoms with Gasteiger partial charge in [-0.05, 0) is 38.3 Å². The predicted molar refractivity (Wildman–Crippen MR) is 123 cm³/mol. The van der Waals surface area contributed by atoms with Crippen LogP contribution in [0.15, 0.2) is 29.4 Å². The molecule has 3 heterocycles. The molecule has 10 heteroatoms. The topological polar surface area (TPSA) is 96.1 Å². The summed E-state index contributed by atoms with van der Waals surface area (Å²) in [6, 6.07) is 6.20. The highest BCUT2D eigenvalue weighted by molar-refractivity contribution is 14.0. The maximum atomic E-state index is 11.6. The molecule has 1 aliphatic heterocycles. The van der Waals surface area contributed by atoms with E-state index in [-0.39, 0.29) is 30.1 Å². The highest BCUT2D eigenvalue weighted by atomic mass is 127. The van der Waals surface area contributed by atoms with Crippen LogP contribution in [0, 0.1) is 0 Å². The van der Waals surface area contributed by atoms with Crippen LogP contribution in [0.5, 0.6) is 0 Å². The average Bonchev–Trinajstić information content (AvgIpc) is 3.14. The fraction of sp³-hybridized carbons (Fsp3) is 0.579. The van der Waals surface area contributed by atoms with Crippen molar-refractivity contribution in [3.8, 4) is 0 Å². The van der Waals surface area contributed by atoms with Crippen molar-refractivity contribution in [3.63, 3.8) is 0 Å². The standard InChI is InChI=1S/C19H29N7O2.HI/c1-3-20-18(22-15-9-13-25(14-10-15)19(27)28-2)21-11-6-8-17-24-23-16-7-4-5-12-26(16)17;/h4-5,7,12,15H,3,6,8-11,13-14H2,1-2H3,(H2,20,21,22);1H. The summed E-state index contributed by atoms with van der Waals surface area (Å²) in [6.45, 7) is 4.96. The molecule has 29 heavy (non-hydrogen) atoms. The van der Waals surface area contributed by atoms with Crippen molar-refractivity contribution in [2.24, 2.45) is 4.99 Å². The third-order valence-corrected chi connectivity index (χ3v) is 4.83. The number of aliphatic imine (C=N–C) groups is 1. The van der Waals surface area contributed by atoms with Crippen LogP contribution in [0.4, 0.5) is 4.79 Å². The van der Waals surface area contributed by atoms with Gasteiger partial charge in [-0.15, -0.1) is 34.2 Å². The van der Waals surface area contributed by atoms with Crippen LogP contribution in [0.2, 0.25) is 0 Å². The Kier molecular flexibility index (Phi) is 9.42. The van der Waals surface area contributed by atoms with Gasteiger partial charge in [0, 0.05) is 44.8 Å². The summed E-state index contributed by atoms with van der Waals surface area (Å²) in [6.07, 6.45) is 5.22. The van der Waals surface area contributed by atoms with E-state index in [9.17, 15) is 4.79 Å². The Balaban J connectivity index is 0.00000300. The van der Waals surface area contributed by atoms with Gasteiger partial charge in [0.25, 0.3) is 0 Å². The first-order chi connectivity index (χ1) is 13.7. The quantitative estimate of drug-likeness (QED) is 0.265. The van der Waals surface area contributed by atoms with Crippen LogP contribution in [-0.2, 0) is 11.2 Å². The van der Waals surface area contributed by atoms with Gasteiger partial charge in [0.2, 0.25) is 0 Å². The first-order valence-corrected chi connectivity index (χ1v) is 9.87. The van der Waals surface area contributed by atoms with E-state index in [0.29, 0.717) is 25.7 Å². The third kappa shape index (κ3) is 6.44. The minimum absolute atomic E-state index is 0. The lowest BCUT2D eigenvalue weighted by Crippen LogP contribution is -2.49. The van der Waals surface area contributed by atoms with Gasteiger partial charge >= 0.3 is 6.09 Å². The summed E-state index contributed by atoms with van der Waals surface area (Å²) < 4.78 is 6.80. The molecule has 0 unspecified atom stereocenters. The Morgan fingerprint density at radius 1 is 1.31 bits per heavy atom. The zero-order valence-corrected chi connectivity index (χ0v) is 19.3. The van der Waals surface area contributed by atoms with Gasteiger partial charge in [-0.3, -0.25) is 9.39 Å². The number of pyridine rings is 1. The number of likely N-dealkylation sites (tertiary alicyclic amines) is 1. The fourth-order valence-corrected chi connectivity index (χ4v) is 3.34. The molecule has 0 spiro atoms. The van der Waals surface area contributed by atoms with E-state index in [0.717, 1.165) is 49.7 Å². The maximum Gasteiger partial charge on any atom is 0.409 e. The molecule has 0 bridgehead atoms. The monoisotopic (exact) mass is 515 g/mol. The van der Waals surface area contributed by atoms with Crippen molar-refractivity contribution in [2.45, 2.75) is 38.6 Å². The van der Waals surface area contributed by atoms with Crippen molar-refractivity contribution >= 4 is 41.7 Å². The number of aromatic nitrogens is 3. The van der Waals surface area contributed by atoms with Gasteiger partial charge in [-0.2, -0.15) is 0 Å². The Hall–Kier alpha value is -2.11. The molecule has 0 radical (unpaired) electrons. The molecule has 3 rings (SSSR count). The fourth-order valence-electron chi connectivity index (χ4n) is 3.34. The molecule has 1 aliphatic rings. The summed E-state index contributed by atoms with van der Waals surface area (Å²) >= 11 is 0. The molecule has 1 saturated heterocycles. The lowest BCUT2D eigenvalue weighted by atomic mass is 10.1. The second kappa shape index (κ2) is 11.8. The number of aryl methyl sites for hydroxylation is 1. The Morgan fingerprint density at radius 2 is 2.10 bits per heavy atom. The van der Waals surface area contributed by atoms with E-state index in [4.69, 9.17) is 4.74 Å². The zero-order chi connectivity index (χ0) is 19.8. The largest absolute Gasteiger partial charge is 0.453 e. The smallest absolute Gasteiger partial charge is 0.409 e. The number of methoxy groups -OCH3 is 1. The third-order valence-electron chi connectivity index (χ3n) is 4.83. The number of carbonyl (C=O) groups excluding carboxylic acids is 1. The number of carbonyl (C=O) groups is 1. The molecule has 1 fully saturated rings. The summed E-state index contributed by atoms with van der Waals surface area (Å²) in [5, 5.41) is 15.2. The number of hydrogen-bond donors (Lipinski definition) is 2. The minimum atomic E-state index is -0.250. The molecule has 2 N–H and O–H groups in total. The molecule has 2 aromatic heterocycles. The van der Waals surface area contributed by atoms with Crippen LogP contribution in [0.25, 0.3) is 5.65 Å². The van der Waals surface area contributed by atoms with Gasteiger partial charge in [0.1, 0.15) is 5.82 Å². The maximum absolute atomic E-state index is 11.6. The van der Waals surface area contributed by atoms with E-state index in [1.165, 1.54) is 7.11 Å². The molecule has 0 saturated carbocycles. The van der Waals surface area contributed by atoms with Crippen molar-refractivity contribution in [3.05, 3.63) is 30.2 Å². The summed E-state index contributed by atoms with van der Waals surface area (Å²) in [4.78, 5) is 18.0. The Bertz CT molecular complexity index is 803. The number of nitrogens with zero attached hydrogens (tertiary/aromatic N) is 5. The molecule has 2 aromatic rings. The first kappa shape index (κ1) is 23.2. The molecule has 1 amide bonds. The van der Waals surface area contributed by atoms with Gasteiger partial charge in [0.05, 0.1) is 7.11 Å². The number of halogens is 1. The lowest BCUT2D eigenvalue weighted by Gasteiger charge is -2.32. The summed E-state index contributed by atoms with van der Waals surface area (Å²) in [5.74, 6) is 1.78. The number of rotatable bonds is 6. The van der Waals surface area contributed by atoms with Crippen molar-refractivity contribution in [2.75, 3.05) is 33.3 Å². The molecule has 0 aromatic carbocycles. The van der Waals surface area contributed by atoms with Gasteiger partial charge < -0.3 is 20.3 Å². The minimum Gasteiger partial charge on any atom is -0.453 e. The number of guanidine groups is 1. The van der Waals surface area contributed by atoms with Gasteiger partial charge in [-0.25, -0.2) is 4.79 Å². The number of fused-ring (bicyclic) bond motifs is 1. The average molecular weight is 515 g/mol. The van der Waals surface area contributed by atoms with E-state index in [2.05, 4.69) is 32.7 Å². The molecular formula is C19H30IN7O2.